The number of hydrogen-bond acceptors (Lipinski definition) is 6. The molecule has 1 saturated heterocycles. The van der Waals surface area contributed by atoms with Gasteiger partial charge in [0.05, 0.1) is 32.8 Å². The molecule has 0 amide bonds. The molecular weight excluding hydrogens is 445 g/mol. The summed E-state index contributed by atoms with van der Waals surface area (Å²) in [5.74, 6) is 0.478. The normalized spacial score (nSPS) is 16.9. The van der Waals surface area contributed by atoms with Gasteiger partial charge >= 0.3 is 0 Å². The maximum atomic E-state index is 14.4. The molecule has 1 fully saturated rings. The number of benzene rings is 1. The lowest BCUT2D eigenvalue weighted by atomic mass is 10.0. The van der Waals surface area contributed by atoms with Gasteiger partial charge in [0.2, 0.25) is 0 Å². The predicted octanol–water partition coefficient (Wildman–Crippen LogP) is 2.58. The first-order valence-electron chi connectivity index (χ1n) is 10.3. The Morgan fingerprint density at radius 3 is 2.73 bits per heavy atom. The van der Waals surface area contributed by atoms with Gasteiger partial charge in [-0.3, -0.25) is 13.6 Å². The van der Waals surface area contributed by atoms with Crippen LogP contribution in [0.4, 0.5) is 10.2 Å². The molecule has 6 rings (SSSR count). The molecule has 4 aromatic heterocycles. The molecule has 1 aromatic carbocycles. The largest absolute Gasteiger partial charge is 0.345 e. The number of para-hydroxylation sites is 1. The molecule has 0 bridgehead atoms. The Morgan fingerprint density at radius 2 is 2.00 bits per heavy atom. The molecule has 9 nitrogen and oxygen atoms in total. The van der Waals surface area contributed by atoms with Crippen LogP contribution >= 0.6 is 0 Å². The van der Waals surface area contributed by atoms with Gasteiger partial charge in [0, 0.05) is 25.2 Å². The number of nitrogens with one attached hydrogen (secondary N) is 1. The lowest BCUT2D eigenvalue weighted by Gasteiger charge is -2.42. The van der Waals surface area contributed by atoms with E-state index in [9.17, 15) is 13.4 Å². The fraction of sp³-hybridized carbons (Fsp3) is 0.182. The van der Waals surface area contributed by atoms with E-state index in [0.717, 1.165) is 6.42 Å². The molecule has 1 N–H and O–H groups in total. The number of anilines is 1. The van der Waals surface area contributed by atoms with Crippen molar-refractivity contribution in [2.75, 3.05) is 17.7 Å². The first kappa shape index (κ1) is 19.8. The van der Waals surface area contributed by atoms with E-state index in [0.29, 0.717) is 39.8 Å². The molecule has 0 spiro atoms. The second-order valence-corrected chi connectivity index (χ2v) is 9.17. The highest BCUT2D eigenvalue weighted by molar-refractivity contribution is 7.84. The lowest BCUT2D eigenvalue weighted by molar-refractivity contribution is 0.424. The van der Waals surface area contributed by atoms with E-state index in [2.05, 4.69) is 20.1 Å². The number of H-pyrrole nitrogens is 1. The monoisotopic (exact) mass is 463 g/mol. The molecule has 0 radical (unpaired) electrons. The van der Waals surface area contributed by atoms with Crippen molar-refractivity contribution in [3.63, 3.8) is 0 Å². The van der Waals surface area contributed by atoms with Crippen molar-refractivity contribution in [3.8, 4) is 5.69 Å². The topological polar surface area (TPSA) is 101 Å². The minimum atomic E-state index is -1.24. The van der Waals surface area contributed by atoms with E-state index in [4.69, 9.17) is 0 Å². The van der Waals surface area contributed by atoms with Gasteiger partial charge in [-0.2, -0.15) is 5.10 Å². The molecule has 5 heterocycles. The third-order valence-corrected chi connectivity index (χ3v) is 6.93. The third kappa shape index (κ3) is 2.92. The van der Waals surface area contributed by atoms with Crippen LogP contribution in [0.3, 0.4) is 0 Å². The number of nitrogens with zero attached hydrogens (tertiary/aromatic N) is 6. The standard InChI is InChI=1S/C22H18FN7O2S/c1-33(32)16-11-24-19-17(16)21(26-12-25-19)28-9-8-15(28)20-27-29-10-7-14(23)18(29)22(31)30(20)13-5-3-2-4-6-13/h2-7,10-12,15H,8-9H2,1H3,(H,24,25,26)/t15-,33?/m0/s1. The van der Waals surface area contributed by atoms with Gasteiger partial charge in [-0.15, -0.1) is 0 Å². The van der Waals surface area contributed by atoms with Crippen LogP contribution in [0.25, 0.3) is 22.2 Å². The van der Waals surface area contributed by atoms with E-state index in [1.165, 1.54) is 27.7 Å². The van der Waals surface area contributed by atoms with Crippen molar-refractivity contribution in [1.82, 2.24) is 29.1 Å². The highest BCUT2D eigenvalue weighted by Gasteiger charge is 2.37. The minimum absolute atomic E-state index is 0.104. The van der Waals surface area contributed by atoms with Gasteiger partial charge in [0.15, 0.2) is 17.2 Å². The summed E-state index contributed by atoms with van der Waals surface area (Å²) in [7, 11) is -1.24. The average molecular weight is 463 g/mol. The Balaban J connectivity index is 1.57. The number of rotatable bonds is 4. The number of aromatic nitrogens is 6. The molecule has 0 aliphatic carbocycles. The fourth-order valence-corrected chi connectivity index (χ4v) is 5.06. The van der Waals surface area contributed by atoms with Crippen molar-refractivity contribution in [2.24, 2.45) is 0 Å². The van der Waals surface area contributed by atoms with Gasteiger partial charge in [0.25, 0.3) is 5.56 Å². The lowest BCUT2D eigenvalue weighted by Crippen LogP contribution is -2.45. The van der Waals surface area contributed by atoms with Crippen LogP contribution in [0.5, 0.6) is 0 Å². The SMILES string of the molecule is CS(=O)c1c[nH]c2ncnc(N3CC[C@H]3c3nn4ccc(F)c4c(=O)n3-c3ccccc3)c12. The summed E-state index contributed by atoms with van der Waals surface area (Å²) in [6, 6.07) is 10.0. The Labute approximate surface area is 189 Å². The molecule has 1 unspecified atom stereocenters. The van der Waals surface area contributed by atoms with Crippen molar-refractivity contribution < 1.29 is 8.60 Å². The summed E-state index contributed by atoms with van der Waals surface area (Å²) >= 11 is 0. The number of fused-ring (bicyclic) bond motifs is 2. The zero-order valence-corrected chi connectivity index (χ0v) is 18.3. The highest BCUT2D eigenvalue weighted by atomic mass is 32.2. The Bertz CT molecular complexity index is 1610. The first-order chi connectivity index (χ1) is 16.0. The Hall–Kier alpha value is -3.86. The Kier molecular flexibility index (Phi) is 4.40. The molecule has 2 atom stereocenters. The van der Waals surface area contributed by atoms with Gasteiger partial charge in [-0.1, -0.05) is 18.2 Å². The summed E-state index contributed by atoms with van der Waals surface area (Å²) < 4.78 is 29.5. The molecule has 11 heteroatoms. The van der Waals surface area contributed by atoms with Crippen LogP contribution in [-0.4, -0.2) is 46.1 Å². The zero-order valence-electron chi connectivity index (χ0n) is 17.5. The van der Waals surface area contributed by atoms with E-state index in [1.54, 1.807) is 24.6 Å². The summed E-state index contributed by atoms with van der Waals surface area (Å²) in [5, 5.41) is 5.33. The summed E-state index contributed by atoms with van der Waals surface area (Å²) in [4.78, 5) is 27.8. The van der Waals surface area contributed by atoms with Crippen LogP contribution in [0.1, 0.15) is 18.3 Å². The van der Waals surface area contributed by atoms with E-state index in [-0.39, 0.29) is 11.6 Å². The van der Waals surface area contributed by atoms with Gasteiger partial charge < -0.3 is 9.88 Å². The van der Waals surface area contributed by atoms with E-state index < -0.39 is 22.2 Å². The van der Waals surface area contributed by atoms with E-state index >= 15 is 0 Å². The van der Waals surface area contributed by atoms with Gasteiger partial charge in [-0.25, -0.2) is 18.9 Å². The van der Waals surface area contributed by atoms with Gasteiger partial charge in [0.1, 0.15) is 17.8 Å². The molecule has 1 aliphatic rings. The van der Waals surface area contributed by atoms with Crippen molar-refractivity contribution >= 4 is 33.2 Å². The smallest absolute Gasteiger partial charge is 0.285 e. The fourth-order valence-electron chi connectivity index (χ4n) is 4.36. The van der Waals surface area contributed by atoms with Crippen LogP contribution in [-0.2, 0) is 10.8 Å². The molecular formula is C22H18FN7O2S. The average Bonchev–Trinajstić information content (AvgIpc) is 3.38. The summed E-state index contributed by atoms with van der Waals surface area (Å²) in [6.45, 7) is 0.667. The quantitative estimate of drug-likeness (QED) is 0.440. The Morgan fingerprint density at radius 1 is 1.18 bits per heavy atom. The van der Waals surface area contributed by atoms with Crippen LogP contribution in [0.2, 0.25) is 0 Å². The van der Waals surface area contributed by atoms with Crippen LogP contribution in [0.15, 0.2) is 64.8 Å². The van der Waals surface area contributed by atoms with Crippen LogP contribution < -0.4 is 10.5 Å². The van der Waals surface area contributed by atoms with Crippen molar-refractivity contribution in [3.05, 3.63) is 77.1 Å². The summed E-state index contributed by atoms with van der Waals surface area (Å²) in [6.07, 6.45) is 6.90. The molecule has 0 saturated carbocycles. The number of aromatic amines is 1. The first-order valence-corrected chi connectivity index (χ1v) is 11.9. The molecule has 33 heavy (non-hydrogen) atoms. The van der Waals surface area contributed by atoms with Crippen LogP contribution in [0, 0.1) is 5.82 Å². The molecule has 166 valence electrons. The van der Waals surface area contributed by atoms with Gasteiger partial charge in [-0.05, 0) is 24.6 Å². The van der Waals surface area contributed by atoms with Crippen molar-refractivity contribution in [1.29, 1.82) is 0 Å². The number of hydrogen-bond donors (Lipinski definition) is 1. The zero-order chi connectivity index (χ0) is 22.7. The third-order valence-electron chi connectivity index (χ3n) is 5.99. The highest BCUT2D eigenvalue weighted by Crippen LogP contribution is 2.40. The second kappa shape index (κ2) is 7.34. The predicted molar refractivity (Wildman–Crippen MR) is 122 cm³/mol. The maximum absolute atomic E-state index is 14.4. The van der Waals surface area contributed by atoms with E-state index in [1.807, 2.05) is 23.1 Å². The second-order valence-electron chi connectivity index (χ2n) is 7.82. The summed E-state index contributed by atoms with van der Waals surface area (Å²) in [5.41, 5.74) is 0.606. The number of halogens is 1. The van der Waals surface area contributed by atoms with Crippen molar-refractivity contribution in [2.45, 2.75) is 17.4 Å². The molecule has 1 aliphatic heterocycles. The molecule has 5 aromatic rings. The minimum Gasteiger partial charge on any atom is -0.345 e. The maximum Gasteiger partial charge on any atom is 0.285 e.